The summed E-state index contributed by atoms with van der Waals surface area (Å²) < 4.78 is 20.1. The molecule has 0 saturated carbocycles. The van der Waals surface area contributed by atoms with Gasteiger partial charge in [-0.3, -0.25) is 9.59 Å². The first-order valence-corrected chi connectivity index (χ1v) is 10.4. The number of likely N-dealkylation sites (tertiary alicyclic amines) is 1. The third kappa shape index (κ3) is 3.70. The molecule has 4 rings (SSSR count). The maximum absolute atomic E-state index is 14.6. The lowest BCUT2D eigenvalue weighted by Crippen LogP contribution is -2.43. The van der Waals surface area contributed by atoms with Crippen LogP contribution in [-0.2, 0) is 9.59 Å². The Balaban J connectivity index is 1.84. The van der Waals surface area contributed by atoms with Gasteiger partial charge in [-0.15, -0.1) is 0 Å². The van der Waals surface area contributed by atoms with Crippen LogP contribution >= 0.6 is 0 Å². The molecule has 2 amide bonds. The van der Waals surface area contributed by atoms with E-state index in [2.05, 4.69) is 11.9 Å². The summed E-state index contributed by atoms with van der Waals surface area (Å²) in [6, 6.07) is 13.0. The number of halogens is 1. The zero-order valence-corrected chi connectivity index (χ0v) is 18.0. The van der Waals surface area contributed by atoms with E-state index in [1.165, 1.54) is 25.3 Å². The standard InChI is InChI=1S/C24H26FN3O3/c1-26-14-12-16(13-15-26)27(2)22-21(17-8-4-7-11-20(17)31-3)23(29)28(24(22)30)19-10-6-5-9-18(19)25/h4-11,16H,12-15H2,1-3H3. The van der Waals surface area contributed by atoms with Crippen molar-refractivity contribution in [1.29, 1.82) is 0 Å². The van der Waals surface area contributed by atoms with E-state index in [0.29, 0.717) is 11.3 Å². The molecule has 0 bridgehead atoms. The summed E-state index contributed by atoms with van der Waals surface area (Å²) in [6.45, 7) is 1.82. The van der Waals surface area contributed by atoms with Crippen molar-refractivity contribution in [3.63, 3.8) is 0 Å². The zero-order valence-electron chi connectivity index (χ0n) is 18.0. The lowest BCUT2D eigenvalue weighted by Gasteiger charge is -2.36. The van der Waals surface area contributed by atoms with Crippen LogP contribution in [0.4, 0.5) is 10.1 Å². The summed E-state index contributed by atoms with van der Waals surface area (Å²) in [4.78, 5) is 32.2. The van der Waals surface area contributed by atoms with Crippen molar-refractivity contribution in [1.82, 2.24) is 9.80 Å². The van der Waals surface area contributed by atoms with Gasteiger partial charge in [-0.25, -0.2) is 9.29 Å². The van der Waals surface area contributed by atoms with Crippen molar-refractivity contribution in [3.8, 4) is 5.75 Å². The molecular formula is C24H26FN3O3. The van der Waals surface area contributed by atoms with Crippen molar-refractivity contribution in [2.45, 2.75) is 18.9 Å². The van der Waals surface area contributed by atoms with Crippen molar-refractivity contribution < 1.29 is 18.7 Å². The van der Waals surface area contributed by atoms with E-state index in [4.69, 9.17) is 4.74 Å². The number of nitrogens with zero attached hydrogens (tertiary/aromatic N) is 3. The van der Waals surface area contributed by atoms with Gasteiger partial charge in [0.1, 0.15) is 17.3 Å². The largest absolute Gasteiger partial charge is 0.496 e. The molecule has 0 atom stereocenters. The highest BCUT2D eigenvalue weighted by Gasteiger charge is 2.44. The number of hydrogen-bond donors (Lipinski definition) is 0. The predicted octanol–water partition coefficient (Wildman–Crippen LogP) is 3.14. The number of para-hydroxylation sites is 2. The van der Waals surface area contributed by atoms with Crippen molar-refractivity contribution in [2.24, 2.45) is 0 Å². The van der Waals surface area contributed by atoms with Crippen LogP contribution in [0.25, 0.3) is 5.57 Å². The Morgan fingerprint density at radius 1 is 1.00 bits per heavy atom. The summed E-state index contributed by atoms with van der Waals surface area (Å²) in [5.41, 5.74) is 1.01. The number of amides is 2. The molecule has 2 heterocycles. The first kappa shape index (κ1) is 21.1. The maximum Gasteiger partial charge on any atom is 0.282 e. The molecule has 2 aliphatic heterocycles. The van der Waals surface area contributed by atoms with Crippen molar-refractivity contribution in [2.75, 3.05) is 39.2 Å². The Hall–Kier alpha value is -3.19. The first-order valence-electron chi connectivity index (χ1n) is 10.4. The number of ether oxygens (including phenoxy) is 1. The normalized spacial score (nSPS) is 18.1. The summed E-state index contributed by atoms with van der Waals surface area (Å²) in [5, 5.41) is 0. The Kier molecular flexibility index (Phi) is 5.78. The molecule has 0 aliphatic carbocycles. The van der Waals surface area contributed by atoms with Gasteiger partial charge in [0.05, 0.1) is 18.4 Å². The number of rotatable bonds is 5. The van der Waals surface area contributed by atoms with Gasteiger partial charge in [-0.2, -0.15) is 0 Å². The van der Waals surface area contributed by atoms with E-state index in [9.17, 15) is 14.0 Å². The van der Waals surface area contributed by atoms with Gasteiger partial charge >= 0.3 is 0 Å². The minimum Gasteiger partial charge on any atom is -0.496 e. The average Bonchev–Trinajstić information content (AvgIpc) is 3.04. The van der Waals surface area contributed by atoms with Crippen LogP contribution in [-0.4, -0.2) is 62.0 Å². The molecule has 1 saturated heterocycles. The molecule has 7 heteroatoms. The van der Waals surface area contributed by atoms with Gasteiger partial charge < -0.3 is 14.5 Å². The third-order valence-corrected chi connectivity index (χ3v) is 6.12. The second-order valence-corrected chi connectivity index (χ2v) is 7.97. The topological polar surface area (TPSA) is 53.1 Å². The van der Waals surface area contributed by atoms with E-state index in [-0.39, 0.29) is 23.0 Å². The van der Waals surface area contributed by atoms with Crippen LogP contribution in [0.5, 0.6) is 5.75 Å². The second-order valence-electron chi connectivity index (χ2n) is 7.97. The van der Waals surface area contributed by atoms with E-state index in [1.807, 2.05) is 11.9 Å². The number of benzene rings is 2. The maximum atomic E-state index is 14.6. The Labute approximate surface area is 181 Å². The molecule has 162 valence electrons. The number of carbonyl (C=O) groups is 2. The minimum atomic E-state index is -0.619. The van der Waals surface area contributed by atoms with Gasteiger partial charge in [0, 0.05) is 18.7 Å². The predicted molar refractivity (Wildman–Crippen MR) is 117 cm³/mol. The number of imide groups is 1. The van der Waals surface area contributed by atoms with Crippen LogP contribution in [0, 0.1) is 5.82 Å². The highest BCUT2D eigenvalue weighted by molar-refractivity contribution is 6.45. The van der Waals surface area contributed by atoms with E-state index < -0.39 is 17.6 Å². The molecule has 1 fully saturated rings. The molecule has 2 aliphatic rings. The molecule has 2 aromatic carbocycles. The van der Waals surface area contributed by atoms with Gasteiger partial charge in [0.15, 0.2) is 0 Å². The quantitative estimate of drug-likeness (QED) is 0.692. The lowest BCUT2D eigenvalue weighted by atomic mass is 9.99. The first-order chi connectivity index (χ1) is 14.9. The molecule has 31 heavy (non-hydrogen) atoms. The number of piperidine rings is 1. The summed E-state index contributed by atoms with van der Waals surface area (Å²) >= 11 is 0. The molecule has 0 spiro atoms. The van der Waals surface area contributed by atoms with Crippen LogP contribution in [0.15, 0.2) is 54.2 Å². The molecule has 0 unspecified atom stereocenters. The number of hydrogen-bond acceptors (Lipinski definition) is 5. The highest BCUT2D eigenvalue weighted by atomic mass is 19.1. The fourth-order valence-corrected chi connectivity index (χ4v) is 4.36. The van der Waals surface area contributed by atoms with Gasteiger partial charge in [0.2, 0.25) is 0 Å². The van der Waals surface area contributed by atoms with E-state index >= 15 is 0 Å². The lowest BCUT2D eigenvalue weighted by molar-refractivity contribution is -0.120. The Bertz CT molecular complexity index is 1040. The number of anilines is 1. The van der Waals surface area contributed by atoms with Gasteiger partial charge in [-0.1, -0.05) is 30.3 Å². The zero-order chi connectivity index (χ0) is 22.1. The summed E-state index contributed by atoms with van der Waals surface area (Å²) in [5.74, 6) is -1.19. The van der Waals surface area contributed by atoms with E-state index in [0.717, 1.165) is 30.8 Å². The minimum absolute atomic E-state index is 0.0447. The van der Waals surface area contributed by atoms with Gasteiger partial charge in [-0.05, 0) is 51.2 Å². The number of likely N-dealkylation sites (N-methyl/N-ethyl adjacent to an activating group) is 1. The van der Waals surface area contributed by atoms with Crippen LogP contribution in [0.3, 0.4) is 0 Å². The highest BCUT2D eigenvalue weighted by Crippen LogP contribution is 2.39. The monoisotopic (exact) mass is 423 g/mol. The second kappa shape index (κ2) is 8.51. The molecular weight excluding hydrogens is 397 g/mol. The average molecular weight is 423 g/mol. The SMILES string of the molecule is COc1ccccc1C1=C(N(C)C2CCN(C)CC2)C(=O)N(c2ccccc2F)C1=O. The van der Waals surface area contributed by atoms with Crippen molar-refractivity contribution >= 4 is 23.1 Å². The number of carbonyl (C=O) groups excluding carboxylic acids is 2. The molecule has 6 nitrogen and oxygen atoms in total. The fraction of sp³-hybridized carbons (Fsp3) is 0.333. The molecule has 0 radical (unpaired) electrons. The van der Waals surface area contributed by atoms with Crippen LogP contribution < -0.4 is 9.64 Å². The fourth-order valence-electron chi connectivity index (χ4n) is 4.36. The smallest absolute Gasteiger partial charge is 0.282 e. The summed E-state index contributed by atoms with van der Waals surface area (Å²) in [7, 11) is 5.44. The molecule has 0 N–H and O–H groups in total. The van der Waals surface area contributed by atoms with Crippen LogP contribution in [0.2, 0.25) is 0 Å². The Morgan fingerprint density at radius 3 is 2.32 bits per heavy atom. The molecule has 0 aromatic heterocycles. The van der Waals surface area contributed by atoms with Crippen LogP contribution in [0.1, 0.15) is 18.4 Å². The molecule has 2 aromatic rings. The van der Waals surface area contributed by atoms with E-state index in [1.54, 1.807) is 30.3 Å². The number of methoxy groups -OCH3 is 1. The summed E-state index contributed by atoms with van der Waals surface area (Å²) in [6.07, 6.45) is 1.74. The third-order valence-electron chi connectivity index (χ3n) is 6.12. The Morgan fingerprint density at radius 2 is 1.65 bits per heavy atom. The van der Waals surface area contributed by atoms with Gasteiger partial charge in [0.25, 0.3) is 11.8 Å². The van der Waals surface area contributed by atoms with Crippen molar-refractivity contribution in [3.05, 3.63) is 65.6 Å².